The van der Waals surface area contributed by atoms with E-state index in [9.17, 15) is 9.18 Å². The molecule has 0 aliphatic heterocycles. The summed E-state index contributed by atoms with van der Waals surface area (Å²) in [7, 11) is 0. The van der Waals surface area contributed by atoms with Crippen molar-refractivity contribution in [1.29, 1.82) is 0 Å². The number of aryl methyl sites for hydroxylation is 1. The van der Waals surface area contributed by atoms with E-state index in [2.05, 4.69) is 17.2 Å². The molecule has 2 aromatic rings. The number of benzene rings is 2. The average Bonchev–Trinajstić information content (AvgIpc) is 2.46. The smallest absolute Gasteiger partial charge is 0.255 e. The molecule has 106 valence electrons. The van der Waals surface area contributed by atoms with Crippen molar-refractivity contribution >= 4 is 11.6 Å². The number of nitrogens with one attached hydrogen (secondary N) is 1. The van der Waals surface area contributed by atoms with E-state index in [0.29, 0.717) is 5.69 Å². The van der Waals surface area contributed by atoms with Crippen molar-refractivity contribution in [2.75, 3.05) is 11.9 Å². The molecule has 0 atom stereocenters. The number of carbonyl (C=O) groups excluding carboxylic acids is 1. The minimum Gasteiger partial charge on any atom is -0.384 e. The SMILES string of the molecule is Cc1cc(NC(=O)c2cccc(F)c2)ccc1C#CCO. The number of rotatable bonds is 2. The predicted octanol–water partition coefficient (Wildman–Crippen LogP) is 2.73. The summed E-state index contributed by atoms with van der Waals surface area (Å²) < 4.78 is 13.1. The summed E-state index contributed by atoms with van der Waals surface area (Å²) in [5.41, 5.74) is 2.54. The Hall–Kier alpha value is -2.64. The summed E-state index contributed by atoms with van der Waals surface area (Å²) in [4.78, 5) is 12.0. The van der Waals surface area contributed by atoms with E-state index in [1.54, 1.807) is 24.3 Å². The van der Waals surface area contributed by atoms with Crippen LogP contribution < -0.4 is 5.32 Å². The minimum atomic E-state index is -0.451. The fourth-order valence-corrected chi connectivity index (χ4v) is 1.85. The van der Waals surface area contributed by atoms with Gasteiger partial charge in [-0.15, -0.1) is 0 Å². The fourth-order valence-electron chi connectivity index (χ4n) is 1.85. The molecule has 0 spiro atoms. The largest absolute Gasteiger partial charge is 0.384 e. The maximum absolute atomic E-state index is 13.1. The molecule has 0 bridgehead atoms. The molecule has 0 saturated carbocycles. The molecule has 0 aromatic heterocycles. The maximum atomic E-state index is 13.1. The highest BCUT2D eigenvalue weighted by Crippen LogP contribution is 2.15. The van der Waals surface area contributed by atoms with Crippen molar-refractivity contribution in [3.8, 4) is 11.8 Å². The Morgan fingerprint density at radius 1 is 1.29 bits per heavy atom. The molecule has 2 N–H and O–H groups in total. The maximum Gasteiger partial charge on any atom is 0.255 e. The summed E-state index contributed by atoms with van der Waals surface area (Å²) in [5.74, 6) is 4.57. The third-order valence-electron chi connectivity index (χ3n) is 2.87. The molecule has 0 radical (unpaired) electrons. The van der Waals surface area contributed by atoms with E-state index < -0.39 is 5.82 Å². The average molecular weight is 283 g/mol. The van der Waals surface area contributed by atoms with Crippen LogP contribution in [0.15, 0.2) is 42.5 Å². The van der Waals surface area contributed by atoms with Crippen molar-refractivity contribution in [3.05, 3.63) is 65.0 Å². The highest BCUT2D eigenvalue weighted by Gasteiger charge is 2.07. The van der Waals surface area contributed by atoms with Crippen LogP contribution in [0.1, 0.15) is 21.5 Å². The van der Waals surface area contributed by atoms with Crippen LogP contribution in [0.25, 0.3) is 0 Å². The molecule has 4 heteroatoms. The van der Waals surface area contributed by atoms with Gasteiger partial charge in [0.1, 0.15) is 12.4 Å². The van der Waals surface area contributed by atoms with Crippen molar-refractivity contribution in [3.63, 3.8) is 0 Å². The molecular formula is C17H14FNO2. The molecule has 0 saturated heterocycles. The zero-order chi connectivity index (χ0) is 15.2. The first-order valence-electron chi connectivity index (χ1n) is 6.37. The first-order chi connectivity index (χ1) is 10.1. The molecule has 0 unspecified atom stereocenters. The number of anilines is 1. The fraction of sp³-hybridized carbons (Fsp3) is 0.118. The number of aliphatic hydroxyl groups excluding tert-OH is 1. The minimum absolute atomic E-state index is 0.197. The van der Waals surface area contributed by atoms with E-state index in [4.69, 9.17) is 5.11 Å². The second kappa shape index (κ2) is 6.69. The highest BCUT2D eigenvalue weighted by atomic mass is 19.1. The molecule has 3 nitrogen and oxygen atoms in total. The molecule has 2 rings (SSSR count). The Bertz CT molecular complexity index is 729. The number of amides is 1. The van der Waals surface area contributed by atoms with Gasteiger partial charge in [-0.05, 0) is 48.9 Å². The van der Waals surface area contributed by atoms with Gasteiger partial charge in [-0.25, -0.2) is 4.39 Å². The standard InChI is InChI=1S/C17H14FNO2/c1-12-10-16(8-7-13(12)5-3-9-20)19-17(21)14-4-2-6-15(18)11-14/h2,4,6-8,10-11,20H,9H2,1H3,(H,19,21). The lowest BCUT2D eigenvalue weighted by molar-refractivity contribution is 0.102. The summed E-state index contributed by atoms with van der Waals surface area (Å²) in [6.45, 7) is 1.66. The first-order valence-corrected chi connectivity index (χ1v) is 6.37. The number of aliphatic hydroxyl groups is 1. The predicted molar refractivity (Wildman–Crippen MR) is 79.5 cm³/mol. The molecule has 2 aromatic carbocycles. The number of carbonyl (C=O) groups is 1. The van der Waals surface area contributed by atoms with E-state index in [1.165, 1.54) is 18.2 Å². The van der Waals surface area contributed by atoms with Gasteiger partial charge in [0.25, 0.3) is 5.91 Å². The van der Waals surface area contributed by atoms with Crippen LogP contribution in [0.2, 0.25) is 0 Å². The van der Waals surface area contributed by atoms with Crippen molar-refractivity contribution in [2.24, 2.45) is 0 Å². The van der Waals surface area contributed by atoms with E-state index in [0.717, 1.165) is 11.1 Å². The molecular weight excluding hydrogens is 269 g/mol. The number of hydrogen-bond donors (Lipinski definition) is 2. The zero-order valence-electron chi connectivity index (χ0n) is 11.5. The summed E-state index contributed by atoms with van der Waals surface area (Å²) in [6, 6.07) is 10.8. The zero-order valence-corrected chi connectivity index (χ0v) is 11.5. The van der Waals surface area contributed by atoms with Crippen molar-refractivity contribution < 1.29 is 14.3 Å². The number of hydrogen-bond acceptors (Lipinski definition) is 2. The molecule has 0 aliphatic carbocycles. The van der Waals surface area contributed by atoms with Gasteiger partial charge >= 0.3 is 0 Å². The van der Waals surface area contributed by atoms with E-state index >= 15 is 0 Å². The third-order valence-corrected chi connectivity index (χ3v) is 2.87. The lowest BCUT2D eigenvalue weighted by Crippen LogP contribution is -2.12. The quantitative estimate of drug-likeness (QED) is 0.833. The van der Waals surface area contributed by atoms with Crippen LogP contribution in [0, 0.1) is 24.6 Å². The van der Waals surface area contributed by atoms with Gasteiger partial charge in [-0.3, -0.25) is 4.79 Å². The molecule has 0 aliphatic rings. The Morgan fingerprint density at radius 2 is 2.10 bits per heavy atom. The number of halogens is 1. The topological polar surface area (TPSA) is 49.3 Å². The molecule has 0 fully saturated rings. The Balaban J connectivity index is 2.17. The Kier molecular flexibility index (Phi) is 4.70. The lowest BCUT2D eigenvalue weighted by atomic mass is 10.1. The molecule has 21 heavy (non-hydrogen) atoms. The van der Waals surface area contributed by atoms with Gasteiger partial charge in [0.2, 0.25) is 0 Å². The van der Waals surface area contributed by atoms with Gasteiger partial charge in [0.15, 0.2) is 0 Å². The summed E-state index contributed by atoms with van der Waals surface area (Å²) in [6.07, 6.45) is 0. The molecule has 0 heterocycles. The highest BCUT2D eigenvalue weighted by molar-refractivity contribution is 6.04. The van der Waals surface area contributed by atoms with Crippen LogP contribution in [-0.4, -0.2) is 17.6 Å². The van der Waals surface area contributed by atoms with Crippen molar-refractivity contribution in [1.82, 2.24) is 0 Å². The lowest BCUT2D eigenvalue weighted by Gasteiger charge is -2.07. The van der Waals surface area contributed by atoms with Gasteiger partial charge in [-0.1, -0.05) is 17.9 Å². The van der Waals surface area contributed by atoms with Gasteiger partial charge in [-0.2, -0.15) is 0 Å². The van der Waals surface area contributed by atoms with Crippen LogP contribution in [0.4, 0.5) is 10.1 Å². The van der Waals surface area contributed by atoms with Gasteiger partial charge in [0, 0.05) is 16.8 Å². The van der Waals surface area contributed by atoms with Crippen LogP contribution >= 0.6 is 0 Å². The Labute approximate surface area is 122 Å². The monoisotopic (exact) mass is 283 g/mol. The van der Waals surface area contributed by atoms with E-state index in [1.807, 2.05) is 6.92 Å². The summed E-state index contributed by atoms with van der Waals surface area (Å²) in [5, 5.41) is 11.4. The van der Waals surface area contributed by atoms with Crippen LogP contribution in [0.3, 0.4) is 0 Å². The van der Waals surface area contributed by atoms with Gasteiger partial charge < -0.3 is 10.4 Å². The van der Waals surface area contributed by atoms with Crippen LogP contribution in [-0.2, 0) is 0 Å². The summed E-state index contributed by atoms with van der Waals surface area (Å²) >= 11 is 0. The normalized spacial score (nSPS) is 9.67. The van der Waals surface area contributed by atoms with E-state index in [-0.39, 0.29) is 18.1 Å². The second-order valence-corrected chi connectivity index (χ2v) is 4.45. The van der Waals surface area contributed by atoms with Crippen LogP contribution in [0.5, 0.6) is 0 Å². The van der Waals surface area contributed by atoms with Crippen molar-refractivity contribution in [2.45, 2.75) is 6.92 Å². The second-order valence-electron chi connectivity index (χ2n) is 4.45. The molecule has 1 amide bonds. The first kappa shape index (κ1) is 14.8. The third kappa shape index (κ3) is 3.91. The van der Waals surface area contributed by atoms with Gasteiger partial charge in [0.05, 0.1) is 0 Å². The Morgan fingerprint density at radius 3 is 2.76 bits per heavy atom.